The van der Waals surface area contributed by atoms with Crippen molar-refractivity contribution in [1.29, 1.82) is 0 Å². The van der Waals surface area contributed by atoms with Crippen LogP contribution in [0.3, 0.4) is 0 Å². The Hall–Kier alpha value is -1.77. The highest BCUT2D eigenvalue weighted by molar-refractivity contribution is 5.43. The quantitative estimate of drug-likeness (QED) is 0.813. The molecule has 1 N–H and O–H groups in total. The monoisotopic (exact) mass is 204 g/mol. The number of anilines is 1. The molecule has 0 radical (unpaired) electrons. The van der Waals surface area contributed by atoms with E-state index in [1.54, 1.807) is 6.07 Å². The molecule has 0 unspecified atom stereocenters. The summed E-state index contributed by atoms with van der Waals surface area (Å²) in [6.45, 7) is 0.701. The van der Waals surface area contributed by atoms with Gasteiger partial charge in [0.1, 0.15) is 5.82 Å². The summed E-state index contributed by atoms with van der Waals surface area (Å²) >= 11 is 0. The molecule has 15 heavy (non-hydrogen) atoms. The van der Waals surface area contributed by atoms with Gasteiger partial charge in [-0.2, -0.15) is 0 Å². The molecule has 0 fully saturated rings. The summed E-state index contributed by atoms with van der Waals surface area (Å²) in [5.41, 5.74) is 1.97. The molecule has 2 nitrogen and oxygen atoms in total. The molecule has 0 spiro atoms. The standard InChI is InChI=1S/C12H13FN2/c1-15-7-3-6-12(15)9-14-11-5-2-4-10(13)8-11/h2-8,14H,9H2,1H3. The van der Waals surface area contributed by atoms with Gasteiger partial charge in [-0.1, -0.05) is 6.07 Å². The van der Waals surface area contributed by atoms with Crippen LogP contribution in [0.25, 0.3) is 0 Å². The van der Waals surface area contributed by atoms with Crippen molar-refractivity contribution in [2.24, 2.45) is 7.05 Å². The molecule has 0 aliphatic heterocycles. The molecule has 0 aliphatic rings. The van der Waals surface area contributed by atoms with Crippen LogP contribution in [0.4, 0.5) is 10.1 Å². The van der Waals surface area contributed by atoms with E-state index in [9.17, 15) is 4.39 Å². The zero-order valence-electron chi connectivity index (χ0n) is 8.57. The first kappa shape index (κ1) is 9.77. The Morgan fingerprint density at radius 2 is 2.13 bits per heavy atom. The van der Waals surface area contributed by atoms with E-state index in [1.165, 1.54) is 17.8 Å². The third-order valence-corrected chi connectivity index (χ3v) is 2.35. The van der Waals surface area contributed by atoms with E-state index in [0.717, 1.165) is 5.69 Å². The normalized spacial score (nSPS) is 10.3. The second-order valence-electron chi connectivity index (χ2n) is 3.47. The summed E-state index contributed by atoms with van der Waals surface area (Å²) in [5, 5.41) is 3.17. The SMILES string of the molecule is Cn1cccc1CNc1cccc(F)c1. The molecule has 0 bridgehead atoms. The van der Waals surface area contributed by atoms with Gasteiger partial charge in [-0.05, 0) is 30.3 Å². The van der Waals surface area contributed by atoms with E-state index in [4.69, 9.17) is 0 Å². The lowest BCUT2D eigenvalue weighted by atomic mass is 10.3. The molecule has 1 aromatic carbocycles. The van der Waals surface area contributed by atoms with E-state index in [2.05, 4.69) is 5.32 Å². The Labute approximate surface area is 88.4 Å². The summed E-state index contributed by atoms with van der Waals surface area (Å²) in [7, 11) is 1.99. The first-order valence-corrected chi connectivity index (χ1v) is 4.85. The van der Waals surface area contributed by atoms with E-state index in [1.807, 2.05) is 36.0 Å². The van der Waals surface area contributed by atoms with Crippen LogP contribution in [0.15, 0.2) is 42.6 Å². The summed E-state index contributed by atoms with van der Waals surface area (Å²) < 4.78 is 14.9. The molecule has 1 aromatic heterocycles. The number of aromatic nitrogens is 1. The molecule has 0 atom stereocenters. The zero-order valence-corrected chi connectivity index (χ0v) is 8.57. The van der Waals surface area contributed by atoms with Gasteiger partial charge < -0.3 is 9.88 Å². The molecule has 0 saturated carbocycles. The highest BCUT2D eigenvalue weighted by Gasteiger charge is 1.97. The average molecular weight is 204 g/mol. The summed E-state index contributed by atoms with van der Waals surface area (Å²) in [4.78, 5) is 0. The van der Waals surface area contributed by atoms with Crippen LogP contribution in [0.2, 0.25) is 0 Å². The van der Waals surface area contributed by atoms with Crippen molar-refractivity contribution in [1.82, 2.24) is 4.57 Å². The smallest absolute Gasteiger partial charge is 0.125 e. The number of aryl methyl sites for hydroxylation is 1. The van der Waals surface area contributed by atoms with Crippen molar-refractivity contribution in [3.8, 4) is 0 Å². The van der Waals surface area contributed by atoms with E-state index >= 15 is 0 Å². The number of rotatable bonds is 3. The van der Waals surface area contributed by atoms with Crippen LogP contribution in [0.5, 0.6) is 0 Å². The maximum atomic E-state index is 12.9. The zero-order chi connectivity index (χ0) is 10.7. The van der Waals surface area contributed by atoms with Gasteiger partial charge in [-0.15, -0.1) is 0 Å². The van der Waals surface area contributed by atoms with Gasteiger partial charge in [0.25, 0.3) is 0 Å². The third-order valence-electron chi connectivity index (χ3n) is 2.35. The number of nitrogens with zero attached hydrogens (tertiary/aromatic N) is 1. The summed E-state index contributed by atoms with van der Waals surface area (Å²) in [6.07, 6.45) is 1.99. The lowest BCUT2D eigenvalue weighted by Crippen LogP contribution is -2.03. The first-order valence-electron chi connectivity index (χ1n) is 4.85. The van der Waals surface area contributed by atoms with Crippen LogP contribution >= 0.6 is 0 Å². The van der Waals surface area contributed by atoms with E-state index in [0.29, 0.717) is 6.54 Å². The maximum absolute atomic E-state index is 12.9. The molecular formula is C12H13FN2. The minimum atomic E-state index is -0.216. The molecule has 3 heteroatoms. The fourth-order valence-corrected chi connectivity index (χ4v) is 1.47. The van der Waals surface area contributed by atoms with Crippen LogP contribution in [0.1, 0.15) is 5.69 Å². The number of halogens is 1. The predicted octanol–water partition coefficient (Wildman–Crippen LogP) is 2.78. The second kappa shape index (κ2) is 4.17. The molecule has 0 saturated heterocycles. The Balaban J connectivity index is 2.02. The molecule has 0 amide bonds. The molecule has 0 aliphatic carbocycles. The van der Waals surface area contributed by atoms with Crippen molar-refractivity contribution in [3.05, 3.63) is 54.1 Å². The maximum Gasteiger partial charge on any atom is 0.125 e. The van der Waals surface area contributed by atoms with Crippen molar-refractivity contribution in [2.45, 2.75) is 6.54 Å². The minimum absolute atomic E-state index is 0.216. The highest BCUT2D eigenvalue weighted by Crippen LogP contribution is 2.10. The fourth-order valence-electron chi connectivity index (χ4n) is 1.47. The van der Waals surface area contributed by atoms with E-state index < -0.39 is 0 Å². The topological polar surface area (TPSA) is 17.0 Å². The molecule has 78 valence electrons. The number of nitrogens with one attached hydrogen (secondary N) is 1. The van der Waals surface area contributed by atoms with Crippen LogP contribution in [-0.2, 0) is 13.6 Å². The predicted molar refractivity (Wildman–Crippen MR) is 59.1 cm³/mol. The Bertz CT molecular complexity index is 448. The van der Waals surface area contributed by atoms with Gasteiger partial charge in [0.15, 0.2) is 0 Å². The average Bonchev–Trinajstić information content (AvgIpc) is 2.61. The molecule has 2 rings (SSSR count). The van der Waals surface area contributed by atoms with Crippen molar-refractivity contribution >= 4 is 5.69 Å². The van der Waals surface area contributed by atoms with Gasteiger partial charge >= 0.3 is 0 Å². The van der Waals surface area contributed by atoms with Crippen LogP contribution in [0, 0.1) is 5.82 Å². The number of hydrogen-bond acceptors (Lipinski definition) is 1. The Morgan fingerprint density at radius 1 is 1.27 bits per heavy atom. The first-order chi connectivity index (χ1) is 7.25. The minimum Gasteiger partial charge on any atom is -0.379 e. The summed E-state index contributed by atoms with van der Waals surface area (Å²) in [5.74, 6) is -0.216. The molecule has 2 aromatic rings. The van der Waals surface area contributed by atoms with Crippen LogP contribution in [-0.4, -0.2) is 4.57 Å². The second-order valence-corrected chi connectivity index (χ2v) is 3.47. The van der Waals surface area contributed by atoms with Gasteiger partial charge in [0.2, 0.25) is 0 Å². The van der Waals surface area contributed by atoms with Gasteiger partial charge in [-0.3, -0.25) is 0 Å². The number of hydrogen-bond donors (Lipinski definition) is 1. The van der Waals surface area contributed by atoms with Crippen molar-refractivity contribution in [3.63, 3.8) is 0 Å². The van der Waals surface area contributed by atoms with E-state index in [-0.39, 0.29) is 5.82 Å². The van der Waals surface area contributed by atoms with Crippen LogP contribution < -0.4 is 5.32 Å². The lowest BCUT2D eigenvalue weighted by Gasteiger charge is -2.07. The van der Waals surface area contributed by atoms with Gasteiger partial charge in [0.05, 0.1) is 6.54 Å². The molecule has 1 heterocycles. The highest BCUT2D eigenvalue weighted by atomic mass is 19.1. The lowest BCUT2D eigenvalue weighted by molar-refractivity contribution is 0.628. The third kappa shape index (κ3) is 2.37. The van der Waals surface area contributed by atoms with Gasteiger partial charge in [-0.25, -0.2) is 4.39 Å². The Morgan fingerprint density at radius 3 is 2.80 bits per heavy atom. The Kier molecular flexibility index (Phi) is 2.72. The largest absolute Gasteiger partial charge is 0.379 e. The number of benzene rings is 1. The molecular weight excluding hydrogens is 191 g/mol. The van der Waals surface area contributed by atoms with Crippen molar-refractivity contribution in [2.75, 3.05) is 5.32 Å². The van der Waals surface area contributed by atoms with Crippen molar-refractivity contribution < 1.29 is 4.39 Å². The van der Waals surface area contributed by atoms with Gasteiger partial charge in [0, 0.05) is 24.6 Å². The summed E-state index contributed by atoms with van der Waals surface area (Å²) in [6, 6.07) is 10.5. The fraction of sp³-hybridized carbons (Fsp3) is 0.167.